The predicted octanol–water partition coefficient (Wildman–Crippen LogP) is 0.363. The summed E-state index contributed by atoms with van der Waals surface area (Å²) in [6.07, 6.45) is 0.154. The molecule has 3 heteroatoms. The van der Waals surface area contributed by atoms with Gasteiger partial charge in [0.1, 0.15) is 6.61 Å². The van der Waals surface area contributed by atoms with Gasteiger partial charge in [-0.05, 0) is 13.8 Å². The average Bonchev–Trinajstić information content (AvgIpc) is 1.59. The fourth-order valence-electron chi connectivity index (χ4n) is 0.695. The molecule has 0 amide bonds. The summed E-state index contributed by atoms with van der Waals surface area (Å²) in [7, 11) is 1.46. The van der Waals surface area contributed by atoms with Crippen LogP contribution in [-0.4, -0.2) is 30.2 Å². The van der Waals surface area contributed by atoms with Crippen molar-refractivity contribution in [2.45, 2.75) is 25.9 Å². The van der Waals surface area contributed by atoms with Gasteiger partial charge in [0.25, 0.3) is 0 Å². The molecular formula is C7H14O3. The molecule has 0 atom stereocenters. The lowest BCUT2D eigenvalue weighted by molar-refractivity contribution is -0.126. The van der Waals surface area contributed by atoms with Crippen LogP contribution in [0, 0.1) is 0 Å². The van der Waals surface area contributed by atoms with Gasteiger partial charge in [-0.15, -0.1) is 0 Å². The normalized spacial score (nSPS) is 11.6. The molecular weight excluding hydrogens is 132 g/mol. The van der Waals surface area contributed by atoms with Crippen LogP contribution < -0.4 is 0 Å². The summed E-state index contributed by atoms with van der Waals surface area (Å²) in [5.74, 6) is -0.0741. The zero-order chi connectivity index (χ0) is 8.20. The summed E-state index contributed by atoms with van der Waals surface area (Å²) in [6, 6.07) is 0. The van der Waals surface area contributed by atoms with Crippen LogP contribution in [0.3, 0.4) is 0 Å². The SMILES string of the molecule is COCC(=O)CC(C)(C)O. The molecule has 0 aromatic rings. The molecule has 0 radical (unpaired) electrons. The number of hydrogen-bond acceptors (Lipinski definition) is 3. The lowest BCUT2D eigenvalue weighted by Crippen LogP contribution is -2.25. The van der Waals surface area contributed by atoms with Gasteiger partial charge >= 0.3 is 0 Å². The Kier molecular flexibility index (Phi) is 3.53. The Morgan fingerprint density at radius 1 is 1.60 bits per heavy atom. The lowest BCUT2D eigenvalue weighted by atomic mass is 10.0. The number of carbonyl (C=O) groups excluding carboxylic acids is 1. The van der Waals surface area contributed by atoms with Gasteiger partial charge in [0.05, 0.1) is 5.60 Å². The molecule has 0 aromatic carbocycles. The van der Waals surface area contributed by atoms with Crippen molar-refractivity contribution >= 4 is 5.78 Å². The van der Waals surface area contributed by atoms with Crippen molar-refractivity contribution in [2.75, 3.05) is 13.7 Å². The number of Topliss-reactive ketones (excluding diaryl/α,β-unsaturated/α-hetero) is 1. The van der Waals surface area contributed by atoms with E-state index in [0.717, 1.165) is 0 Å². The van der Waals surface area contributed by atoms with Crippen LogP contribution in [-0.2, 0) is 9.53 Å². The van der Waals surface area contributed by atoms with Crippen molar-refractivity contribution in [3.05, 3.63) is 0 Å². The number of aliphatic hydroxyl groups is 1. The predicted molar refractivity (Wildman–Crippen MR) is 37.8 cm³/mol. The molecule has 0 aliphatic rings. The second kappa shape index (κ2) is 3.68. The van der Waals surface area contributed by atoms with E-state index in [1.165, 1.54) is 7.11 Å². The van der Waals surface area contributed by atoms with E-state index in [1.54, 1.807) is 13.8 Å². The quantitative estimate of drug-likeness (QED) is 0.623. The molecule has 0 aliphatic heterocycles. The Morgan fingerprint density at radius 3 is 2.40 bits per heavy atom. The van der Waals surface area contributed by atoms with Crippen molar-refractivity contribution < 1.29 is 14.6 Å². The van der Waals surface area contributed by atoms with Crippen molar-refractivity contribution in [1.29, 1.82) is 0 Å². The maximum Gasteiger partial charge on any atom is 0.161 e. The summed E-state index contributed by atoms with van der Waals surface area (Å²) < 4.78 is 4.59. The minimum atomic E-state index is -0.907. The van der Waals surface area contributed by atoms with Gasteiger partial charge in [0.2, 0.25) is 0 Å². The zero-order valence-electron chi connectivity index (χ0n) is 6.68. The standard InChI is InChI=1S/C7H14O3/c1-7(2,9)4-6(8)5-10-3/h9H,4-5H2,1-3H3. The minimum Gasteiger partial charge on any atom is -0.390 e. The molecule has 0 fully saturated rings. The Hall–Kier alpha value is -0.410. The molecule has 0 heterocycles. The number of carbonyl (C=O) groups is 1. The van der Waals surface area contributed by atoms with Crippen LogP contribution in [0.2, 0.25) is 0 Å². The van der Waals surface area contributed by atoms with Gasteiger partial charge < -0.3 is 9.84 Å². The molecule has 0 unspecified atom stereocenters. The zero-order valence-corrected chi connectivity index (χ0v) is 6.68. The third-order valence-electron chi connectivity index (χ3n) is 0.935. The first-order valence-electron chi connectivity index (χ1n) is 3.19. The number of hydrogen-bond donors (Lipinski definition) is 1. The second-order valence-corrected chi connectivity index (χ2v) is 2.96. The van der Waals surface area contributed by atoms with Crippen LogP contribution in [0.15, 0.2) is 0 Å². The number of methoxy groups -OCH3 is 1. The highest BCUT2D eigenvalue weighted by atomic mass is 16.5. The van der Waals surface area contributed by atoms with Crippen LogP contribution >= 0.6 is 0 Å². The van der Waals surface area contributed by atoms with E-state index >= 15 is 0 Å². The van der Waals surface area contributed by atoms with E-state index < -0.39 is 5.60 Å². The maximum atomic E-state index is 10.8. The molecule has 3 nitrogen and oxygen atoms in total. The molecule has 0 saturated carbocycles. The molecule has 60 valence electrons. The van der Waals surface area contributed by atoms with Gasteiger partial charge in [-0.2, -0.15) is 0 Å². The van der Waals surface area contributed by atoms with Crippen LogP contribution in [0.4, 0.5) is 0 Å². The van der Waals surface area contributed by atoms with E-state index in [9.17, 15) is 4.79 Å². The fourth-order valence-corrected chi connectivity index (χ4v) is 0.695. The fraction of sp³-hybridized carbons (Fsp3) is 0.857. The summed E-state index contributed by atoms with van der Waals surface area (Å²) >= 11 is 0. The van der Waals surface area contributed by atoms with Gasteiger partial charge in [-0.3, -0.25) is 4.79 Å². The maximum absolute atomic E-state index is 10.8. The summed E-state index contributed by atoms with van der Waals surface area (Å²) in [6.45, 7) is 3.28. The Morgan fingerprint density at radius 2 is 2.10 bits per heavy atom. The average molecular weight is 146 g/mol. The highest BCUT2D eigenvalue weighted by Gasteiger charge is 2.17. The monoisotopic (exact) mass is 146 g/mol. The van der Waals surface area contributed by atoms with Crippen molar-refractivity contribution in [3.63, 3.8) is 0 Å². The first kappa shape index (κ1) is 9.59. The lowest BCUT2D eigenvalue weighted by Gasteiger charge is -2.14. The Labute approximate surface area is 61.0 Å². The van der Waals surface area contributed by atoms with Crippen LogP contribution in [0.25, 0.3) is 0 Å². The highest BCUT2D eigenvalue weighted by molar-refractivity contribution is 5.80. The molecule has 0 spiro atoms. The first-order valence-corrected chi connectivity index (χ1v) is 3.19. The smallest absolute Gasteiger partial charge is 0.161 e. The largest absolute Gasteiger partial charge is 0.390 e. The highest BCUT2D eigenvalue weighted by Crippen LogP contribution is 2.06. The van der Waals surface area contributed by atoms with E-state index in [4.69, 9.17) is 5.11 Å². The van der Waals surface area contributed by atoms with Crippen molar-refractivity contribution in [3.8, 4) is 0 Å². The van der Waals surface area contributed by atoms with Crippen molar-refractivity contribution in [1.82, 2.24) is 0 Å². The van der Waals surface area contributed by atoms with E-state index in [0.29, 0.717) is 0 Å². The molecule has 0 aromatic heterocycles. The first-order chi connectivity index (χ1) is 4.45. The molecule has 0 rings (SSSR count). The van der Waals surface area contributed by atoms with E-state index in [2.05, 4.69) is 4.74 Å². The molecule has 1 N–H and O–H groups in total. The number of ketones is 1. The number of rotatable bonds is 4. The van der Waals surface area contributed by atoms with Gasteiger partial charge in [-0.1, -0.05) is 0 Å². The summed E-state index contributed by atoms with van der Waals surface area (Å²) in [5.41, 5.74) is -0.907. The van der Waals surface area contributed by atoms with Crippen LogP contribution in [0.1, 0.15) is 20.3 Å². The topological polar surface area (TPSA) is 46.5 Å². The molecule has 0 bridgehead atoms. The molecule has 0 saturated heterocycles. The summed E-state index contributed by atoms with van der Waals surface area (Å²) in [5, 5.41) is 9.14. The molecule has 10 heavy (non-hydrogen) atoms. The van der Waals surface area contributed by atoms with Crippen molar-refractivity contribution in [2.24, 2.45) is 0 Å². The second-order valence-electron chi connectivity index (χ2n) is 2.96. The van der Waals surface area contributed by atoms with Gasteiger partial charge in [-0.25, -0.2) is 0 Å². The Bertz CT molecular complexity index is 113. The van der Waals surface area contributed by atoms with Gasteiger partial charge in [0.15, 0.2) is 5.78 Å². The minimum absolute atomic E-state index is 0.0741. The van der Waals surface area contributed by atoms with Gasteiger partial charge in [0, 0.05) is 13.5 Å². The van der Waals surface area contributed by atoms with E-state index in [-0.39, 0.29) is 18.8 Å². The molecule has 0 aliphatic carbocycles. The van der Waals surface area contributed by atoms with Crippen LogP contribution in [0.5, 0.6) is 0 Å². The van der Waals surface area contributed by atoms with E-state index in [1.807, 2.05) is 0 Å². The third kappa shape index (κ3) is 5.72. The Balaban J connectivity index is 3.58. The number of ether oxygens (including phenoxy) is 1. The third-order valence-corrected chi connectivity index (χ3v) is 0.935. The summed E-state index contributed by atoms with van der Waals surface area (Å²) in [4.78, 5) is 10.8.